The van der Waals surface area contributed by atoms with Crippen LogP contribution in [0.3, 0.4) is 0 Å². The van der Waals surface area contributed by atoms with Gasteiger partial charge in [0.25, 0.3) is 0 Å². The third-order valence-electron chi connectivity index (χ3n) is 10.2. The van der Waals surface area contributed by atoms with Crippen molar-refractivity contribution >= 4 is 66.2 Å². The van der Waals surface area contributed by atoms with Crippen LogP contribution in [0.4, 0.5) is 0 Å². The molecule has 0 saturated carbocycles. The van der Waals surface area contributed by atoms with E-state index in [0.717, 1.165) is 12.0 Å². The second kappa shape index (κ2) is 15.0. The lowest BCUT2D eigenvalue weighted by molar-refractivity contribution is 0.868. The van der Waals surface area contributed by atoms with Gasteiger partial charge in [-0.3, -0.25) is 0 Å². The first-order valence-electron chi connectivity index (χ1n) is 17.9. The number of hydrogen-bond donors (Lipinski definition) is 2. The molecule has 8 aromatic rings. The molecule has 1 unspecified atom stereocenters. The quantitative estimate of drug-likeness (QED) is 0.139. The molecule has 0 saturated heterocycles. The number of hydrogen-bond acceptors (Lipinski definition) is 2. The molecule has 0 fully saturated rings. The highest BCUT2D eigenvalue weighted by molar-refractivity contribution is 6.26. The van der Waals surface area contributed by atoms with E-state index in [1.807, 2.05) is 0 Å². The first-order chi connectivity index (χ1) is 25.5. The fraction of sp³-hybridized carbons (Fsp3) is 0.100. The minimum absolute atomic E-state index is 0.254. The number of fused-ring (bicyclic) bond motifs is 10. The van der Waals surface area contributed by atoms with Crippen molar-refractivity contribution in [2.24, 2.45) is 5.73 Å². The van der Waals surface area contributed by atoms with Crippen LogP contribution in [-0.2, 0) is 6.42 Å². The zero-order valence-electron chi connectivity index (χ0n) is 30.2. The van der Waals surface area contributed by atoms with Crippen LogP contribution >= 0.6 is 0 Å². The molecule has 2 heteroatoms. The number of allylic oxidation sites excluding steroid dienone is 6. The second-order valence-electron chi connectivity index (χ2n) is 13.7. The highest BCUT2D eigenvalue weighted by Crippen LogP contribution is 2.44. The molecule has 8 aromatic carbocycles. The van der Waals surface area contributed by atoms with E-state index in [1.54, 1.807) is 0 Å². The molecule has 1 aliphatic carbocycles. The van der Waals surface area contributed by atoms with Crippen LogP contribution in [0.2, 0.25) is 0 Å². The van der Waals surface area contributed by atoms with E-state index in [2.05, 4.69) is 191 Å². The van der Waals surface area contributed by atoms with Gasteiger partial charge in [-0.25, -0.2) is 0 Å². The summed E-state index contributed by atoms with van der Waals surface area (Å²) in [6.45, 7) is 9.09. The van der Waals surface area contributed by atoms with Crippen LogP contribution in [0.1, 0.15) is 47.7 Å². The zero-order valence-corrected chi connectivity index (χ0v) is 30.2. The van der Waals surface area contributed by atoms with Gasteiger partial charge in [0.15, 0.2) is 0 Å². The van der Waals surface area contributed by atoms with Crippen molar-refractivity contribution in [3.05, 3.63) is 197 Å². The van der Waals surface area contributed by atoms with Crippen LogP contribution in [0.5, 0.6) is 0 Å². The molecule has 52 heavy (non-hydrogen) atoms. The largest absolute Gasteiger partial charge is 0.320 e. The van der Waals surface area contributed by atoms with Crippen molar-refractivity contribution in [1.82, 2.24) is 0 Å². The van der Waals surface area contributed by atoms with E-state index >= 15 is 0 Å². The number of rotatable bonds is 2. The van der Waals surface area contributed by atoms with Gasteiger partial charge in [0.05, 0.1) is 6.04 Å². The maximum absolute atomic E-state index is 7.25. The van der Waals surface area contributed by atoms with Gasteiger partial charge in [0, 0.05) is 0 Å². The summed E-state index contributed by atoms with van der Waals surface area (Å²) in [5, 5.41) is 18.4. The SMILES string of the molecule is C=N.C\C1=C/C=C\C=C(/C)c2c(C(N)c3ccc4ccccc4c3)cc3c4ccccc4c4ccccc4c3c2C1.Cc1ccc2ccccc2c1. The van der Waals surface area contributed by atoms with Crippen molar-refractivity contribution < 1.29 is 0 Å². The summed E-state index contributed by atoms with van der Waals surface area (Å²) in [6, 6.07) is 49.9. The Balaban J connectivity index is 0.000000274. The van der Waals surface area contributed by atoms with Crippen LogP contribution in [0.25, 0.3) is 59.4 Å². The van der Waals surface area contributed by atoms with Gasteiger partial charge < -0.3 is 11.1 Å². The molecule has 0 aliphatic heterocycles. The molecule has 1 atom stereocenters. The van der Waals surface area contributed by atoms with Gasteiger partial charge in [0.1, 0.15) is 0 Å². The van der Waals surface area contributed by atoms with Crippen LogP contribution < -0.4 is 5.73 Å². The Morgan fingerprint density at radius 3 is 1.73 bits per heavy atom. The highest BCUT2D eigenvalue weighted by atomic mass is 14.6. The molecular formula is C50H44N2. The van der Waals surface area contributed by atoms with Crippen molar-refractivity contribution in [2.75, 3.05) is 0 Å². The van der Waals surface area contributed by atoms with Gasteiger partial charge in [-0.15, -0.1) is 0 Å². The van der Waals surface area contributed by atoms with Crippen LogP contribution in [0, 0.1) is 12.3 Å². The smallest absolute Gasteiger partial charge is 0.0558 e. The van der Waals surface area contributed by atoms with Crippen molar-refractivity contribution in [3.8, 4) is 0 Å². The van der Waals surface area contributed by atoms with E-state index in [-0.39, 0.29) is 6.04 Å². The normalized spacial score (nSPS) is 15.8. The molecule has 254 valence electrons. The maximum Gasteiger partial charge on any atom is 0.0558 e. The van der Waals surface area contributed by atoms with Crippen molar-refractivity contribution in [3.63, 3.8) is 0 Å². The zero-order chi connectivity index (χ0) is 36.2. The van der Waals surface area contributed by atoms with Gasteiger partial charge in [-0.2, -0.15) is 0 Å². The Morgan fingerprint density at radius 2 is 1.06 bits per heavy atom. The van der Waals surface area contributed by atoms with Crippen LogP contribution in [0.15, 0.2) is 169 Å². The van der Waals surface area contributed by atoms with E-state index in [4.69, 9.17) is 11.1 Å². The van der Waals surface area contributed by atoms with Crippen LogP contribution in [-0.4, -0.2) is 6.72 Å². The van der Waals surface area contributed by atoms with E-state index in [9.17, 15) is 0 Å². The van der Waals surface area contributed by atoms with Crippen molar-refractivity contribution in [1.29, 1.82) is 5.41 Å². The molecule has 3 N–H and O–H groups in total. The summed E-state index contributed by atoms with van der Waals surface area (Å²) in [6.07, 6.45) is 9.66. The van der Waals surface area contributed by atoms with E-state index in [0.29, 0.717) is 0 Å². The third kappa shape index (κ3) is 6.57. The summed E-state index contributed by atoms with van der Waals surface area (Å²) in [7, 11) is 0. The van der Waals surface area contributed by atoms with Gasteiger partial charge >= 0.3 is 0 Å². The average molecular weight is 673 g/mol. The Labute approximate surface area is 306 Å². The summed E-state index contributed by atoms with van der Waals surface area (Å²) in [5.41, 5.74) is 16.1. The Morgan fingerprint density at radius 1 is 0.538 bits per heavy atom. The molecule has 0 spiro atoms. The molecule has 2 nitrogen and oxygen atoms in total. The highest BCUT2D eigenvalue weighted by Gasteiger charge is 2.23. The Hall–Kier alpha value is -6.09. The summed E-state index contributed by atoms with van der Waals surface area (Å²) >= 11 is 0. The molecule has 0 bridgehead atoms. The summed E-state index contributed by atoms with van der Waals surface area (Å²) in [4.78, 5) is 0. The predicted octanol–water partition coefficient (Wildman–Crippen LogP) is 13.2. The topological polar surface area (TPSA) is 49.9 Å². The van der Waals surface area contributed by atoms with Gasteiger partial charge in [-0.05, 0) is 128 Å². The molecule has 9 rings (SSSR count). The first kappa shape index (κ1) is 34.4. The van der Waals surface area contributed by atoms with E-state index in [1.165, 1.54) is 87.3 Å². The number of aryl methyl sites for hydroxylation is 1. The molecule has 0 radical (unpaired) electrons. The molecule has 1 aliphatic rings. The standard InChI is InChI=1S/C38H31N.C11H10.CH3N/c1-24-11-3-4-12-25(2)36-34(21-24)37-32-18-10-9-16-30(32)29-15-7-8-17-31(29)33(37)23-35(36)38(39)28-20-19-26-13-5-6-14-27(26)22-28;1-9-6-7-10-4-2-3-5-11(10)8-9;1-2/h3-20,22-23,38H,21,39H2,1-2H3;2-8H,1H3;2H,1H2/b4-3-,24-11+,25-12+;;. The van der Waals surface area contributed by atoms with Gasteiger partial charge in [-0.1, -0.05) is 163 Å². The number of nitrogens with one attached hydrogen (secondary N) is 1. The lowest BCUT2D eigenvalue weighted by Gasteiger charge is -2.25. The predicted molar refractivity (Wildman–Crippen MR) is 228 cm³/mol. The third-order valence-corrected chi connectivity index (χ3v) is 10.2. The van der Waals surface area contributed by atoms with Gasteiger partial charge in [0.2, 0.25) is 0 Å². The lowest BCUT2D eigenvalue weighted by atomic mass is 9.80. The Bertz CT molecular complexity index is 2690. The fourth-order valence-electron chi connectivity index (χ4n) is 7.79. The minimum Gasteiger partial charge on any atom is -0.320 e. The average Bonchev–Trinajstić information content (AvgIpc) is 3.26. The lowest BCUT2D eigenvalue weighted by Crippen LogP contribution is -2.16. The fourth-order valence-corrected chi connectivity index (χ4v) is 7.79. The number of nitrogens with two attached hydrogens (primary N) is 1. The second-order valence-corrected chi connectivity index (χ2v) is 13.7. The maximum atomic E-state index is 7.25. The monoisotopic (exact) mass is 672 g/mol. The summed E-state index contributed by atoms with van der Waals surface area (Å²) < 4.78 is 0. The molecule has 0 aromatic heterocycles. The van der Waals surface area contributed by atoms with E-state index < -0.39 is 0 Å². The first-order valence-corrected chi connectivity index (χ1v) is 17.9. The minimum atomic E-state index is -0.254. The Kier molecular flexibility index (Phi) is 9.93. The summed E-state index contributed by atoms with van der Waals surface area (Å²) in [5.74, 6) is 0. The molecular weight excluding hydrogens is 629 g/mol. The van der Waals surface area contributed by atoms with Crippen molar-refractivity contribution in [2.45, 2.75) is 33.2 Å². The molecule has 0 amide bonds. The molecule has 0 heterocycles. The number of benzene rings is 8.